The summed E-state index contributed by atoms with van der Waals surface area (Å²) in [5.74, 6) is 0.575. The second kappa shape index (κ2) is 10.7. The molecule has 38 heavy (non-hydrogen) atoms. The molecule has 12 nitrogen and oxygen atoms in total. The maximum Gasteiger partial charge on any atom is 0.324 e. The standard InChI is InChI=1S/C26H32N8O4/c1-18-6-7-20(16-28-18)34(25(27)36)21-4-3-5-22-24(21)29-23(38-22)17-30-8-10-32(11-9-30)26(37)33-14-12-31(13-15-33)19(2)35/h3-7,16H,8-15,17H2,1-2H3,(H2,27,36). The third-order valence-corrected chi connectivity index (χ3v) is 7.05. The minimum atomic E-state index is -0.642. The van der Waals surface area contributed by atoms with Crippen LogP contribution in [0.2, 0.25) is 0 Å². The first-order valence-corrected chi connectivity index (χ1v) is 12.7. The molecule has 5 amide bonds. The number of amides is 5. The number of urea groups is 2. The lowest BCUT2D eigenvalue weighted by Gasteiger charge is -2.40. The summed E-state index contributed by atoms with van der Waals surface area (Å²) in [5, 5.41) is 0. The number of fused-ring (bicyclic) bond motifs is 1. The molecule has 2 N–H and O–H groups in total. The van der Waals surface area contributed by atoms with Gasteiger partial charge < -0.3 is 24.9 Å². The van der Waals surface area contributed by atoms with Crippen LogP contribution >= 0.6 is 0 Å². The number of primary amides is 1. The molecular weight excluding hydrogens is 488 g/mol. The first-order chi connectivity index (χ1) is 18.3. The predicted molar refractivity (Wildman–Crippen MR) is 141 cm³/mol. The van der Waals surface area contributed by atoms with Gasteiger partial charge >= 0.3 is 12.1 Å². The number of hydrogen-bond acceptors (Lipinski definition) is 7. The van der Waals surface area contributed by atoms with Crippen molar-refractivity contribution in [2.75, 3.05) is 57.3 Å². The molecule has 0 spiro atoms. The van der Waals surface area contributed by atoms with E-state index >= 15 is 0 Å². The molecule has 0 atom stereocenters. The molecule has 0 unspecified atom stereocenters. The molecule has 2 aromatic heterocycles. The van der Waals surface area contributed by atoms with Crippen LogP contribution < -0.4 is 10.6 Å². The summed E-state index contributed by atoms with van der Waals surface area (Å²) in [7, 11) is 0. The molecule has 12 heteroatoms. The Morgan fingerprint density at radius 3 is 2.21 bits per heavy atom. The lowest BCUT2D eigenvalue weighted by atomic mass is 10.2. The highest BCUT2D eigenvalue weighted by atomic mass is 16.3. The Morgan fingerprint density at radius 2 is 1.61 bits per heavy atom. The summed E-state index contributed by atoms with van der Waals surface area (Å²) in [6.07, 6.45) is 1.60. The number of anilines is 2. The van der Waals surface area contributed by atoms with E-state index in [2.05, 4.69) is 9.88 Å². The summed E-state index contributed by atoms with van der Waals surface area (Å²) in [6, 6.07) is 8.37. The van der Waals surface area contributed by atoms with Crippen molar-refractivity contribution in [1.29, 1.82) is 0 Å². The van der Waals surface area contributed by atoms with Crippen molar-refractivity contribution in [3.8, 4) is 0 Å². The van der Waals surface area contributed by atoms with E-state index in [9.17, 15) is 14.4 Å². The normalized spacial score (nSPS) is 16.6. The van der Waals surface area contributed by atoms with Crippen molar-refractivity contribution in [1.82, 2.24) is 29.6 Å². The zero-order valence-corrected chi connectivity index (χ0v) is 21.7. The summed E-state index contributed by atoms with van der Waals surface area (Å²) in [6.45, 7) is 8.77. The Balaban J connectivity index is 1.24. The van der Waals surface area contributed by atoms with Gasteiger partial charge in [0.05, 0.1) is 24.1 Å². The zero-order chi connectivity index (χ0) is 26.8. The minimum Gasteiger partial charge on any atom is -0.439 e. The third-order valence-electron chi connectivity index (χ3n) is 7.05. The molecule has 200 valence electrons. The molecular formula is C26H32N8O4. The maximum atomic E-state index is 13.0. The second-order valence-electron chi connectivity index (χ2n) is 9.60. The van der Waals surface area contributed by atoms with Crippen molar-refractivity contribution in [2.45, 2.75) is 20.4 Å². The van der Waals surface area contributed by atoms with Crippen LogP contribution in [-0.2, 0) is 11.3 Å². The molecule has 3 aromatic rings. The van der Waals surface area contributed by atoms with Crippen molar-refractivity contribution in [3.05, 3.63) is 48.1 Å². The summed E-state index contributed by atoms with van der Waals surface area (Å²) in [4.78, 5) is 54.9. The molecule has 2 saturated heterocycles. The van der Waals surface area contributed by atoms with Gasteiger partial charge in [0.1, 0.15) is 5.52 Å². The number of pyridine rings is 1. The lowest BCUT2D eigenvalue weighted by molar-refractivity contribution is -0.130. The summed E-state index contributed by atoms with van der Waals surface area (Å²) >= 11 is 0. The van der Waals surface area contributed by atoms with Gasteiger partial charge in [-0.3, -0.25) is 19.6 Å². The van der Waals surface area contributed by atoms with E-state index in [1.54, 1.807) is 36.2 Å². The van der Waals surface area contributed by atoms with Crippen LogP contribution in [-0.4, -0.2) is 99.9 Å². The van der Waals surface area contributed by atoms with Gasteiger partial charge in [-0.1, -0.05) is 6.07 Å². The van der Waals surface area contributed by atoms with E-state index in [0.717, 1.165) is 5.69 Å². The number of benzene rings is 1. The molecule has 2 aliphatic rings. The second-order valence-corrected chi connectivity index (χ2v) is 9.60. The van der Waals surface area contributed by atoms with Crippen LogP contribution in [0.3, 0.4) is 0 Å². The molecule has 2 fully saturated rings. The van der Waals surface area contributed by atoms with Gasteiger partial charge in [-0.2, -0.15) is 0 Å². The number of aryl methyl sites for hydroxylation is 1. The highest BCUT2D eigenvalue weighted by molar-refractivity contribution is 6.04. The molecule has 0 saturated carbocycles. The largest absolute Gasteiger partial charge is 0.439 e. The van der Waals surface area contributed by atoms with Crippen LogP contribution in [0, 0.1) is 6.92 Å². The van der Waals surface area contributed by atoms with Gasteiger partial charge in [0.15, 0.2) is 5.58 Å². The van der Waals surface area contributed by atoms with E-state index in [1.165, 1.54) is 4.90 Å². The first kappa shape index (κ1) is 25.5. The van der Waals surface area contributed by atoms with Crippen LogP contribution in [0.1, 0.15) is 18.5 Å². The van der Waals surface area contributed by atoms with Crippen molar-refractivity contribution >= 4 is 40.4 Å². The quantitative estimate of drug-likeness (QED) is 0.557. The Morgan fingerprint density at radius 1 is 0.947 bits per heavy atom. The lowest BCUT2D eigenvalue weighted by Crippen LogP contribution is -2.57. The number of piperazine rings is 2. The Hall–Kier alpha value is -4.19. The molecule has 0 aliphatic carbocycles. The fourth-order valence-corrected chi connectivity index (χ4v) is 4.91. The smallest absolute Gasteiger partial charge is 0.324 e. The number of nitrogens with two attached hydrogens (primary N) is 1. The van der Waals surface area contributed by atoms with Crippen LogP contribution in [0.5, 0.6) is 0 Å². The summed E-state index contributed by atoms with van der Waals surface area (Å²) in [5.41, 5.74) is 8.74. The fourth-order valence-electron chi connectivity index (χ4n) is 4.91. The van der Waals surface area contributed by atoms with E-state index in [1.807, 2.05) is 28.9 Å². The summed E-state index contributed by atoms with van der Waals surface area (Å²) < 4.78 is 6.03. The first-order valence-electron chi connectivity index (χ1n) is 12.7. The Labute approximate surface area is 220 Å². The predicted octanol–water partition coefficient (Wildman–Crippen LogP) is 2.15. The Kier molecular flexibility index (Phi) is 7.14. The van der Waals surface area contributed by atoms with Gasteiger partial charge in [0, 0.05) is 65.0 Å². The average Bonchev–Trinajstić information content (AvgIpc) is 3.33. The monoisotopic (exact) mass is 520 g/mol. The zero-order valence-electron chi connectivity index (χ0n) is 21.7. The van der Waals surface area contributed by atoms with Gasteiger partial charge in [0.2, 0.25) is 11.8 Å². The Bertz CT molecular complexity index is 1320. The highest BCUT2D eigenvalue weighted by Gasteiger charge is 2.29. The molecule has 1 aromatic carbocycles. The van der Waals surface area contributed by atoms with Crippen LogP contribution in [0.15, 0.2) is 40.9 Å². The number of oxazole rings is 1. The van der Waals surface area contributed by atoms with Crippen LogP contribution in [0.4, 0.5) is 21.0 Å². The van der Waals surface area contributed by atoms with E-state index < -0.39 is 6.03 Å². The number of para-hydroxylation sites is 1. The maximum absolute atomic E-state index is 13.0. The van der Waals surface area contributed by atoms with Gasteiger partial charge in [-0.25, -0.2) is 14.6 Å². The number of aromatic nitrogens is 2. The van der Waals surface area contributed by atoms with E-state index in [-0.39, 0.29) is 11.9 Å². The van der Waals surface area contributed by atoms with Gasteiger partial charge in [-0.15, -0.1) is 0 Å². The molecule has 0 bridgehead atoms. The third kappa shape index (κ3) is 5.25. The minimum absolute atomic E-state index is 0.0245. The fraction of sp³-hybridized carbons (Fsp3) is 0.423. The van der Waals surface area contributed by atoms with E-state index in [0.29, 0.717) is 87.3 Å². The molecule has 2 aliphatic heterocycles. The van der Waals surface area contributed by atoms with Gasteiger partial charge in [0.25, 0.3) is 0 Å². The van der Waals surface area contributed by atoms with Crippen molar-refractivity contribution < 1.29 is 18.8 Å². The molecule has 5 rings (SSSR count). The number of carbonyl (C=O) groups excluding carboxylic acids is 3. The average molecular weight is 521 g/mol. The van der Waals surface area contributed by atoms with Crippen molar-refractivity contribution in [3.63, 3.8) is 0 Å². The van der Waals surface area contributed by atoms with E-state index in [4.69, 9.17) is 15.1 Å². The highest BCUT2D eigenvalue weighted by Crippen LogP contribution is 2.32. The van der Waals surface area contributed by atoms with Crippen LogP contribution in [0.25, 0.3) is 11.1 Å². The number of nitrogens with zero attached hydrogens (tertiary/aromatic N) is 7. The topological polar surface area (TPSA) is 132 Å². The number of carbonyl (C=O) groups is 3. The van der Waals surface area contributed by atoms with Gasteiger partial charge in [-0.05, 0) is 31.2 Å². The molecule has 0 radical (unpaired) electrons. The molecule has 4 heterocycles. The number of rotatable bonds is 4. The van der Waals surface area contributed by atoms with Crippen molar-refractivity contribution in [2.24, 2.45) is 5.73 Å². The SMILES string of the molecule is CC(=O)N1CCN(C(=O)N2CCN(Cc3nc4c(N(C(N)=O)c5ccc(C)nc5)cccc4o3)CC2)CC1. The number of hydrogen-bond donors (Lipinski definition) is 1.